The van der Waals surface area contributed by atoms with E-state index in [0.717, 1.165) is 4.47 Å². The van der Waals surface area contributed by atoms with Crippen LogP contribution in [0.4, 0.5) is 15.9 Å². The summed E-state index contributed by atoms with van der Waals surface area (Å²) in [6, 6.07) is 10.7. The van der Waals surface area contributed by atoms with Crippen LogP contribution in [0.15, 0.2) is 41.0 Å². The van der Waals surface area contributed by atoms with E-state index in [1.807, 2.05) is 12.1 Å². The average Bonchev–Trinajstić information content (AvgIpc) is 2.25. The smallest absolute Gasteiger partial charge is 0.130 e. The Labute approximate surface area is 95.3 Å². The fraction of sp³-hybridized carbons (Fsp3) is 0. The highest BCUT2D eigenvalue weighted by Gasteiger charge is 1.96. The molecule has 0 amide bonds. The highest BCUT2D eigenvalue weighted by Crippen LogP contribution is 2.16. The van der Waals surface area contributed by atoms with Crippen molar-refractivity contribution in [3.63, 3.8) is 0 Å². The summed E-state index contributed by atoms with van der Waals surface area (Å²) in [6.45, 7) is 0. The number of benzene rings is 1. The van der Waals surface area contributed by atoms with Crippen molar-refractivity contribution in [1.82, 2.24) is 4.98 Å². The van der Waals surface area contributed by atoms with Crippen molar-refractivity contribution in [3.05, 3.63) is 52.9 Å². The molecule has 0 fully saturated rings. The lowest BCUT2D eigenvalue weighted by Gasteiger charge is -2.04. The molecular formula is C11H7BrFN2. The first-order chi connectivity index (χ1) is 7.24. The molecule has 0 saturated heterocycles. The lowest BCUT2D eigenvalue weighted by Crippen LogP contribution is -1.92. The molecule has 15 heavy (non-hydrogen) atoms. The molecule has 0 bridgehead atoms. The maximum atomic E-state index is 12.6. The number of nitrogens with one attached hydrogen (secondary N) is 1. The fourth-order valence-electron chi connectivity index (χ4n) is 1.07. The van der Waals surface area contributed by atoms with Gasteiger partial charge in [-0.25, -0.2) is 9.37 Å². The molecule has 1 radical (unpaired) electrons. The fourth-order valence-corrected chi connectivity index (χ4v) is 1.31. The van der Waals surface area contributed by atoms with E-state index in [1.165, 1.54) is 12.1 Å². The van der Waals surface area contributed by atoms with Crippen LogP contribution >= 0.6 is 15.9 Å². The summed E-state index contributed by atoms with van der Waals surface area (Å²) >= 11 is 3.29. The molecular weight excluding hydrogens is 259 g/mol. The molecule has 0 saturated carbocycles. The van der Waals surface area contributed by atoms with Crippen molar-refractivity contribution < 1.29 is 4.39 Å². The van der Waals surface area contributed by atoms with Gasteiger partial charge in [-0.3, -0.25) is 0 Å². The predicted octanol–water partition coefficient (Wildman–Crippen LogP) is 3.53. The number of nitrogens with zero attached hydrogens (tertiary/aromatic N) is 1. The molecule has 0 atom stereocenters. The van der Waals surface area contributed by atoms with Gasteiger partial charge < -0.3 is 5.32 Å². The van der Waals surface area contributed by atoms with E-state index in [-0.39, 0.29) is 5.82 Å². The standard InChI is InChI=1S/C11H7BrFN2/c12-8-1-6-11(14-7-8)15-10-4-2-9(13)3-5-10/h1-4,6-7H,(H,14,15). The normalized spacial score (nSPS) is 10.0. The zero-order valence-corrected chi connectivity index (χ0v) is 9.25. The van der Waals surface area contributed by atoms with Gasteiger partial charge in [0.05, 0.1) is 0 Å². The molecule has 75 valence electrons. The second-order valence-corrected chi connectivity index (χ2v) is 3.82. The van der Waals surface area contributed by atoms with Crippen LogP contribution in [0.1, 0.15) is 0 Å². The molecule has 2 rings (SSSR count). The van der Waals surface area contributed by atoms with Crippen molar-refractivity contribution in [2.24, 2.45) is 0 Å². The first-order valence-electron chi connectivity index (χ1n) is 4.30. The van der Waals surface area contributed by atoms with Gasteiger partial charge in [0, 0.05) is 22.4 Å². The quantitative estimate of drug-likeness (QED) is 0.899. The largest absolute Gasteiger partial charge is 0.340 e. The van der Waals surface area contributed by atoms with Crippen LogP contribution in [-0.2, 0) is 0 Å². The molecule has 0 aliphatic heterocycles. The summed E-state index contributed by atoms with van der Waals surface area (Å²) in [5.41, 5.74) is 0.686. The van der Waals surface area contributed by atoms with Crippen LogP contribution in [0, 0.1) is 11.9 Å². The zero-order chi connectivity index (χ0) is 10.7. The van der Waals surface area contributed by atoms with Gasteiger partial charge in [-0.15, -0.1) is 0 Å². The van der Waals surface area contributed by atoms with Gasteiger partial charge in [0.15, 0.2) is 0 Å². The monoisotopic (exact) mass is 265 g/mol. The van der Waals surface area contributed by atoms with E-state index in [4.69, 9.17) is 0 Å². The summed E-state index contributed by atoms with van der Waals surface area (Å²) in [5, 5.41) is 3.00. The van der Waals surface area contributed by atoms with Crippen molar-refractivity contribution >= 4 is 27.4 Å². The van der Waals surface area contributed by atoms with Gasteiger partial charge in [0.2, 0.25) is 0 Å². The highest BCUT2D eigenvalue weighted by atomic mass is 79.9. The Balaban J connectivity index is 2.15. The summed E-state index contributed by atoms with van der Waals surface area (Å²) in [4.78, 5) is 4.12. The maximum absolute atomic E-state index is 12.6. The van der Waals surface area contributed by atoms with Crippen LogP contribution in [0.3, 0.4) is 0 Å². The number of halogens is 2. The molecule has 0 aliphatic rings. The minimum absolute atomic E-state index is 0.302. The summed E-state index contributed by atoms with van der Waals surface area (Å²) in [7, 11) is 0. The van der Waals surface area contributed by atoms with Crippen LogP contribution in [0.25, 0.3) is 0 Å². The van der Waals surface area contributed by atoms with E-state index in [2.05, 4.69) is 32.3 Å². The van der Waals surface area contributed by atoms with Crippen molar-refractivity contribution in [2.45, 2.75) is 0 Å². The molecule has 0 aliphatic carbocycles. The molecule has 1 aromatic heterocycles. The molecule has 2 aromatic rings. The molecule has 4 heteroatoms. The highest BCUT2D eigenvalue weighted by molar-refractivity contribution is 9.10. The lowest BCUT2D eigenvalue weighted by molar-refractivity contribution is 0.628. The zero-order valence-electron chi connectivity index (χ0n) is 7.67. The van der Waals surface area contributed by atoms with Crippen LogP contribution in [0.5, 0.6) is 0 Å². The summed E-state index contributed by atoms with van der Waals surface area (Å²) < 4.78 is 13.5. The Morgan fingerprint density at radius 1 is 1.27 bits per heavy atom. The topological polar surface area (TPSA) is 24.9 Å². The SMILES string of the molecule is Fc1c[c]c(Nc2ccc(Br)cn2)cc1. The molecule has 1 N–H and O–H groups in total. The molecule has 0 unspecified atom stereocenters. The van der Waals surface area contributed by atoms with Crippen LogP contribution in [0.2, 0.25) is 0 Å². The summed E-state index contributed by atoms with van der Waals surface area (Å²) in [5.74, 6) is 0.394. The van der Waals surface area contributed by atoms with E-state index >= 15 is 0 Å². The molecule has 1 aromatic carbocycles. The first kappa shape index (κ1) is 10.1. The average molecular weight is 266 g/mol. The maximum Gasteiger partial charge on any atom is 0.130 e. The van der Waals surface area contributed by atoms with E-state index < -0.39 is 0 Å². The Bertz CT molecular complexity index is 396. The Morgan fingerprint density at radius 2 is 2.13 bits per heavy atom. The van der Waals surface area contributed by atoms with Crippen LogP contribution < -0.4 is 5.32 Å². The van der Waals surface area contributed by atoms with Gasteiger partial charge in [0.25, 0.3) is 0 Å². The third-order valence-corrected chi connectivity index (χ3v) is 2.23. The minimum Gasteiger partial charge on any atom is -0.340 e. The number of pyridine rings is 1. The van der Waals surface area contributed by atoms with Crippen LogP contribution in [-0.4, -0.2) is 4.98 Å². The van der Waals surface area contributed by atoms with Crippen molar-refractivity contribution in [1.29, 1.82) is 0 Å². The van der Waals surface area contributed by atoms with Crippen molar-refractivity contribution in [3.8, 4) is 0 Å². The predicted molar refractivity (Wildman–Crippen MR) is 60.5 cm³/mol. The Morgan fingerprint density at radius 3 is 2.73 bits per heavy atom. The first-order valence-corrected chi connectivity index (χ1v) is 5.09. The van der Waals surface area contributed by atoms with Gasteiger partial charge >= 0.3 is 0 Å². The molecule has 0 spiro atoms. The summed E-state index contributed by atoms with van der Waals surface area (Å²) in [6.07, 6.45) is 1.69. The molecule has 2 nitrogen and oxygen atoms in total. The second kappa shape index (κ2) is 4.40. The third-order valence-electron chi connectivity index (χ3n) is 1.76. The van der Waals surface area contributed by atoms with E-state index in [1.54, 1.807) is 12.3 Å². The number of hydrogen-bond donors (Lipinski definition) is 1. The van der Waals surface area contributed by atoms with Gasteiger partial charge in [-0.05, 0) is 46.3 Å². The number of hydrogen-bond acceptors (Lipinski definition) is 2. The number of rotatable bonds is 2. The van der Waals surface area contributed by atoms with E-state index in [0.29, 0.717) is 11.5 Å². The third kappa shape index (κ3) is 2.76. The Hall–Kier alpha value is -1.42. The van der Waals surface area contributed by atoms with Crippen molar-refractivity contribution in [2.75, 3.05) is 5.32 Å². The van der Waals surface area contributed by atoms with Gasteiger partial charge in [0.1, 0.15) is 11.6 Å². The lowest BCUT2D eigenvalue weighted by atomic mass is 10.3. The second-order valence-electron chi connectivity index (χ2n) is 2.91. The Kier molecular flexibility index (Phi) is 2.97. The molecule has 1 heterocycles. The van der Waals surface area contributed by atoms with E-state index in [9.17, 15) is 4.39 Å². The minimum atomic E-state index is -0.302. The van der Waals surface area contributed by atoms with Gasteiger partial charge in [-0.1, -0.05) is 0 Å². The number of aromatic nitrogens is 1. The number of anilines is 2. The van der Waals surface area contributed by atoms with Gasteiger partial charge in [-0.2, -0.15) is 0 Å².